The minimum Gasteiger partial charge on any atom is -0.370 e. The Hall–Kier alpha value is -1.53. The molecule has 0 N–H and O–H groups in total. The van der Waals surface area contributed by atoms with Gasteiger partial charge in [-0.15, -0.1) is 0 Å². The van der Waals surface area contributed by atoms with Gasteiger partial charge in [0.15, 0.2) is 0 Å². The van der Waals surface area contributed by atoms with Crippen molar-refractivity contribution in [3.63, 3.8) is 0 Å². The van der Waals surface area contributed by atoms with Crippen LogP contribution in [0.25, 0.3) is 10.9 Å². The Kier molecular flexibility index (Phi) is 5.68. The lowest BCUT2D eigenvalue weighted by Crippen LogP contribution is -2.34. The van der Waals surface area contributed by atoms with Gasteiger partial charge in [0.25, 0.3) is 0 Å². The van der Waals surface area contributed by atoms with Gasteiger partial charge in [0.2, 0.25) is 9.84 Å². The van der Waals surface area contributed by atoms with E-state index in [1.807, 2.05) is 0 Å². The summed E-state index contributed by atoms with van der Waals surface area (Å²) in [6, 6.07) is 9.49. The standard InChI is InChI=1S/C21H19Cl3N2O2S/c1-13-8-10-26(11-9-13)21-18(29(27,28)15-4-2-14(22)3-5-15)12-25-20-17(24)7-6-16(23)19(20)21/h2-7,12-13H,8-11H2,1H3. The van der Waals surface area contributed by atoms with Crippen LogP contribution in [0.5, 0.6) is 0 Å². The lowest BCUT2D eigenvalue weighted by Gasteiger charge is -2.34. The number of nitrogens with zero attached hydrogens (tertiary/aromatic N) is 2. The second kappa shape index (κ2) is 7.95. The summed E-state index contributed by atoms with van der Waals surface area (Å²) in [5.41, 5.74) is 1.08. The van der Waals surface area contributed by atoms with E-state index < -0.39 is 9.84 Å². The van der Waals surface area contributed by atoms with Crippen LogP contribution in [0.2, 0.25) is 15.1 Å². The van der Waals surface area contributed by atoms with Crippen LogP contribution in [0.3, 0.4) is 0 Å². The van der Waals surface area contributed by atoms with Crippen molar-refractivity contribution in [3.8, 4) is 0 Å². The highest BCUT2D eigenvalue weighted by Crippen LogP contribution is 2.42. The first-order valence-corrected chi connectivity index (χ1v) is 11.9. The Labute approximate surface area is 185 Å². The molecule has 1 aliphatic rings. The first-order valence-electron chi connectivity index (χ1n) is 9.31. The van der Waals surface area contributed by atoms with Crippen molar-refractivity contribution in [2.24, 2.45) is 5.92 Å². The number of aromatic nitrogens is 1. The van der Waals surface area contributed by atoms with E-state index in [2.05, 4.69) is 16.8 Å². The molecule has 0 atom stereocenters. The van der Waals surface area contributed by atoms with E-state index in [0.29, 0.717) is 37.6 Å². The Morgan fingerprint density at radius 3 is 2.24 bits per heavy atom. The summed E-state index contributed by atoms with van der Waals surface area (Å²) in [6.07, 6.45) is 3.34. The number of fused-ring (bicyclic) bond motifs is 1. The van der Waals surface area contributed by atoms with Crippen molar-refractivity contribution < 1.29 is 8.42 Å². The second-order valence-electron chi connectivity index (χ2n) is 7.35. The van der Waals surface area contributed by atoms with Crippen LogP contribution in [0.1, 0.15) is 19.8 Å². The molecule has 0 bridgehead atoms. The predicted octanol–water partition coefficient (Wildman–Crippen LogP) is 6.26. The Balaban J connectivity index is 2.00. The topological polar surface area (TPSA) is 50.3 Å². The molecule has 4 nitrogen and oxygen atoms in total. The van der Waals surface area contributed by atoms with Crippen LogP contribution in [0.4, 0.5) is 5.69 Å². The molecular formula is C21H19Cl3N2O2S. The first kappa shape index (κ1) is 20.7. The van der Waals surface area contributed by atoms with Crippen LogP contribution in [0, 0.1) is 5.92 Å². The predicted molar refractivity (Wildman–Crippen MR) is 119 cm³/mol. The summed E-state index contributed by atoms with van der Waals surface area (Å²) < 4.78 is 27.1. The summed E-state index contributed by atoms with van der Waals surface area (Å²) in [5, 5.41) is 1.91. The van der Waals surface area contributed by atoms with E-state index in [0.717, 1.165) is 25.9 Å². The molecule has 1 aliphatic heterocycles. The Morgan fingerprint density at radius 1 is 0.966 bits per heavy atom. The van der Waals surface area contributed by atoms with Crippen molar-refractivity contribution in [1.82, 2.24) is 4.98 Å². The van der Waals surface area contributed by atoms with Crippen LogP contribution < -0.4 is 4.90 Å². The molecule has 29 heavy (non-hydrogen) atoms. The fraction of sp³-hybridized carbons (Fsp3) is 0.286. The van der Waals surface area contributed by atoms with Crippen molar-refractivity contribution in [1.29, 1.82) is 0 Å². The quantitative estimate of drug-likeness (QED) is 0.454. The molecule has 1 saturated heterocycles. The fourth-order valence-corrected chi connectivity index (χ4v) is 5.68. The van der Waals surface area contributed by atoms with Gasteiger partial charge in [0, 0.05) is 29.7 Å². The minimum absolute atomic E-state index is 0.131. The van der Waals surface area contributed by atoms with Crippen LogP contribution in [-0.4, -0.2) is 26.5 Å². The summed E-state index contributed by atoms with van der Waals surface area (Å²) in [4.78, 5) is 6.76. The van der Waals surface area contributed by atoms with Crippen molar-refractivity contribution >= 4 is 61.2 Å². The van der Waals surface area contributed by atoms with Crippen molar-refractivity contribution in [2.45, 2.75) is 29.6 Å². The highest BCUT2D eigenvalue weighted by Gasteiger charge is 2.30. The highest BCUT2D eigenvalue weighted by atomic mass is 35.5. The van der Waals surface area contributed by atoms with E-state index in [4.69, 9.17) is 34.8 Å². The number of benzene rings is 2. The number of hydrogen-bond donors (Lipinski definition) is 0. The van der Waals surface area contributed by atoms with Gasteiger partial charge in [0.1, 0.15) is 4.90 Å². The molecule has 3 aromatic rings. The number of hydrogen-bond acceptors (Lipinski definition) is 4. The van der Waals surface area contributed by atoms with Gasteiger partial charge in [0.05, 0.1) is 26.1 Å². The molecule has 0 radical (unpaired) electrons. The molecule has 4 rings (SSSR count). The summed E-state index contributed by atoms with van der Waals surface area (Å²) in [6.45, 7) is 3.69. The van der Waals surface area contributed by atoms with Gasteiger partial charge in [-0.05, 0) is 55.2 Å². The Bertz CT molecular complexity index is 1170. The molecular weight excluding hydrogens is 451 g/mol. The van der Waals surface area contributed by atoms with Crippen LogP contribution >= 0.6 is 34.8 Å². The first-order chi connectivity index (χ1) is 13.8. The lowest BCUT2D eigenvalue weighted by molar-refractivity contribution is 0.437. The van der Waals surface area contributed by atoms with Gasteiger partial charge in [-0.25, -0.2) is 8.42 Å². The van der Waals surface area contributed by atoms with E-state index in [-0.39, 0.29) is 9.79 Å². The van der Waals surface area contributed by atoms with E-state index in [1.165, 1.54) is 18.3 Å². The molecule has 2 heterocycles. The number of anilines is 1. The van der Waals surface area contributed by atoms with Crippen molar-refractivity contribution in [3.05, 3.63) is 57.7 Å². The maximum Gasteiger partial charge on any atom is 0.210 e. The van der Waals surface area contributed by atoms with Gasteiger partial charge in [-0.1, -0.05) is 41.7 Å². The van der Waals surface area contributed by atoms with Crippen LogP contribution in [0.15, 0.2) is 52.4 Å². The number of halogens is 3. The third kappa shape index (κ3) is 3.81. The normalized spacial score (nSPS) is 15.8. The molecule has 0 unspecified atom stereocenters. The molecule has 0 saturated carbocycles. The molecule has 0 spiro atoms. The number of sulfone groups is 1. The SMILES string of the molecule is CC1CCN(c2c(S(=O)(=O)c3ccc(Cl)cc3)cnc3c(Cl)ccc(Cl)c23)CC1. The van der Waals surface area contributed by atoms with E-state index in [1.54, 1.807) is 24.3 Å². The maximum atomic E-state index is 13.5. The molecule has 1 aromatic heterocycles. The summed E-state index contributed by atoms with van der Waals surface area (Å²) in [7, 11) is -3.83. The number of rotatable bonds is 3. The average Bonchev–Trinajstić information content (AvgIpc) is 2.71. The van der Waals surface area contributed by atoms with Gasteiger partial charge in [-0.2, -0.15) is 0 Å². The summed E-state index contributed by atoms with van der Waals surface area (Å²) >= 11 is 18.8. The zero-order chi connectivity index (χ0) is 20.8. The monoisotopic (exact) mass is 468 g/mol. The van der Waals surface area contributed by atoms with E-state index in [9.17, 15) is 8.42 Å². The van der Waals surface area contributed by atoms with Gasteiger partial charge >= 0.3 is 0 Å². The average molecular weight is 470 g/mol. The smallest absolute Gasteiger partial charge is 0.210 e. The van der Waals surface area contributed by atoms with Crippen LogP contribution in [-0.2, 0) is 9.84 Å². The zero-order valence-electron chi connectivity index (χ0n) is 15.7. The van der Waals surface area contributed by atoms with Gasteiger partial charge in [-0.3, -0.25) is 4.98 Å². The zero-order valence-corrected chi connectivity index (χ0v) is 18.8. The third-order valence-corrected chi connectivity index (χ3v) is 8.01. The van der Waals surface area contributed by atoms with Gasteiger partial charge < -0.3 is 4.90 Å². The number of piperidine rings is 1. The second-order valence-corrected chi connectivity index (χ2v) is 10.5. The maximum absolute atomic E-state index is 13.5. The molecule has 1 fully saturated rings. The highest BCUT2D eigenvalue weighted by molar-refractivity contribution is 7.91. The molecule has 2 aromatic carbocycles. The van der Waals surface area contributed by atoms with E-state index >= 15 is 0 Å². The Morgan fingerprint density at radius 2 is 1.59 bits per heavy atom. The lowest BCUT2D eigenvalue weighted by atomic mass is 9.98. The molecule has 0 amide bonds. The van der Waals surface area contributed by atoms with Crippen molar-refractivity contribution in [2.75, 3.05) is 18.0 Å². The largest absolute Gasteiger partial charge is 0.370 e. The molecule has 8 heteroatoms. The molecule has 152 valence electrons. The fourth-order valence-electron chi connectivity index (χ4n) is 3.68. The summed E-state index contributed by atoms with van der Waals surface area (Å²) in [5.74, 6) is 0.592. The third-order valence-electron chi connectivity index (χ3n) is 5.37. The molecule has 0 aliphatic carbocycles. The minimum atomic E-state index is -3.83. The number of pyridine rings is 1.